The Morgan fingerprint density at radius 2 is 1.89 bits per heavy atom. The quantitative estimate of drug-likeness (QED) is 0.595. The third kappa shape index (κ3) is 4.18. The minimum absolute atomic E-state index is 0.139. The summed E-state index contributed by atoms with van der Waals surface area (Å²) in [7, 11) is -3.58. The molecule has 1 aliphatic heterocycles. The van der Waals surface area contributed by atoms with E-state index in [4.69, 9.17) is 0 Å². The van der Waals surface area contributed by atoms with E-state index in [0.29, 0.717) is 18.8 Å². The molecule has 2 aromatic rings. The van der Waals surface area contributed by atoms with Crippen LogP contribution in [0, 0.1) is 13.8 Å². The van der Waals surface area contributed by atoms with Gasteiger partial charge in [0, 0.05) is 36.1 Å². The average Bonchev–Trinajstić information content (AvgIpc) is 3.05. The summed E-state index contributed by atoms with van der Waals surface area (Å²) in [6.45, 7) is 6.78. The van der Waals surface area contributed by atoms with Gasteiger partial charge < -0.3 is 4.98 Å². The lowest BCUT2D eigenvalue weighted by Gasteiger charge is -2.25. The van der Waals surface area contributed by atoms with Gasteiger partial charge in [-0.05, 0) is 57.4 Å². The Kier molecular flexibility index (Phi) is 6.00. The summed E-state index contributed by atoms with van der Waals surface area (Å²) in [5.74, 6) is -0.444. The van der Waals surface area contributed by atoms with E-state index in [1.807, 2.05) is 27.0 Å². The molecule has 0 radical (unpaired) electrons. The lowest BCUT2D eigenvalue weighted by Crippen LogP contribution is -2.35. The van der Waals surface area contributed by atoms with Gasteiger partial charge in [-0.1, -0.05) is 12.5 Å². The number of aromatic amines is 1. The second-order valence-corrected chi connectivity index (χ2v) is 9.04. The number of aryl methyl sites for hydroxylation is 2. The molecule has 28 heavy (non-hydrogen) atoms. The summed E-state index contributed by atoms with van der Waals surface area (Å²) >= 11 is 0. The standard InChI is InChI=1S/C20H26N4O3S/c1-14-13-21-15(2)19(14)16(3)22-23-20(25)17-8-7-9-18(12-17)28(26,27)24-10-5-4-6-11-24/h7-9,12-13,21H,4-6,10-11H2,1-3H3,(H,23,25)/b22-16+. The second-order valence-electron chi connectivity index (χ2n) is 7.10. The summed E-state index contributed by atoms with van der Waals surface area (Å²) in [4.78, 5) is 15.8. The third-order valence-electron chi connectivity index (χ3n) is 5.01. The number of hydrazone groups is 1. The third-order valence-corrected chi connectivity index (χ3v) is 6.91. The van der Waals surface area contributed by atoms with Crippen LogP contribution in [0.1, 0.15) is 53.4 Å². The number of H-pyrrole nitrogens is 1. The topological polar surface area (TPSA) is 94.6 Å². The Balaban J connectivity index is 1.78. The van der Waals surface area contributed by atoms with E-state index in [-0.39, 0.29) is 10.5 Å². The van der Waals surface area contributed by atoms with E-state index in [2.05, 4.69) is 15.5 Å². The molecule has 0 atom stereocenters. The van der Waals surface area contributed by atoms with Crippen LogP contribution < -0.4 is 5.43 Å². The van der Waals surface area contributed by atoms with Gasteiger partial charge in [0.05, 0.1) is 10.6 Å². The van der Waals surface area contributed by atoms with Crippen molar-refractivity contribution in [3.63, 3.8) is 0 Å². The molecule has 2 N–H and O–H groups in total. The van der Waals surface area contributed by atoms with Crippen molar-refractivity contribution in [1.82, 2.24) is 14.7 Å². The Bertz CT molecular complexity index is 983. The molecule has 1 aromatic heterocycles. The van der Waals surface area contributed by atoms with Gasteiger partial charge in [0.2, 0.25) is 10.0 Å². The number of carbonyl (C=O) groups excluding carboxylic acids is 1. The van der Waals surface area contributed by atoms with E-state index in [1.165, 1.54) is 16.4 Å². The summed E-state index contributed by atoms with van der Waals surface area (Å²) in [6.07, 6.45) is 4.67. The van der Waals surface area contributed by atoms with Crippen LogP contribution in [-0.4, -0.2) is 42.4 Å². The number of amides is 1. The number of nitrogens with one attached hydrogen (secondary N) is 2. The van der Waals surface area contributed by atoms with Gasteiger partial charge >= 0.3 is 0 Å². The first kappa shape index (κ1) is 20.3. The maximum Gasteiger partial charge on any atom is 0.271 e. The number of sulfonamides is 1. The number of nitrogens with zero attached hydrogens (tertiary/aromatic N) is 2. The highest BCUT2D eigenvalue weighted by atomic mass is 32.2. The average molecular weight is 403 g/mol. The zero-order chi connectivity index (χ0) is 20.3. The van der Waals surface area contributed by atoms with Crippen molar-refractivity contribution in [2.75, 3.05) is 13.1 Å². The van der Waals surface area contributed by atoms with Crippen molar-refractivity contribution >= 4 is 21.6 Å². The first-order valence-electron chi connectivity index (χ1n) is 9.40. The Morgan fingerprint density at radius 3 is 2.54 bits per heavy atom. The second kappa shape index (κ2) is 8.28. The lowest BCUT2D eigenvalue weighted by molar-refractivity contribution is 0.0954. The number of aromatic nitrogens is 1. The minimum Gasteiger partial charge on any atom is -0.364 e. The van der Waals surface area contributed by atoms with Crippen molar-refractivity contribution in [2.24, 2.45) is 5.10 Å². The first-order valence-corrected chi connectivity index (χ1v) is 10.8. The molecule has 1 aromatic carbocycles. The van der Waals surface area contributed by atoms with E-state index in [1.54, 1.807) is 12.1 Å². The molecule has 7 nitrogen and oxygen atoms in total. The molecule has 1 amide bonds. The maximum absolute atomic E-state index is 12.8. The van der Waals surface area contributed by atoms with Crippen molar-refractivity contribution in [2.45, 2.75) is 44.9 Å². The van der Waals surface area contributed by atoms with Crippen molar-refractivity contribution < 1.29 is 13.2 Å². The Morgan fingerprint density at radius 1 is 1.18 bits per heavy atom. The molecule has 150 valence electrons. The molecule has 0 aliphatic carbocycles. The smallest absolute Gasteiger partial charge is 0.271 e. The maximum atomic E-state index is 12.8. The van der Waals surface area contributed by atoms with E-state index in [9.17, 15) is 13.2 Å². The largest absolute Gasteiger partial charge is 0.364 e. The summed E-state index contributed by atoms with van der Waals surface area (Å²) in [5, 5.41) is 4.18. The molecule has 0 spiro atoms. The Hall–Kier alpha value is -2.45. The number of hydrogen-bond donors (Lipinski definition) is 2. The van der Waals surface area contributed by atoms with E-state index < -0.39 is 15.9 Å². The van der Waals surface area contributed by atoms with Crippen LogP contribution in [0.25, 0.3) is 0 Å². The van der Waals surface area contributed by atoms with Crippen LogP contribution in [0.2, 0.25) is 0 Å². The van der Waals surface area contributed by atoms with E-state index in [0.717, 1.165) is 36.1 Å². The highest BCUT2D eigenvalue weighted by Crippen LogP contribution is 2.21. The SMILES string of the molecule is C/C(=N\NC(=O)c1cccc(S(=O)(=O)N2CCCCC2)c1)c1c(C)c[nH]c1C. The summed E-state index contributed by atoms with van der Waals surface area (Å²) < 4.78 is 27.1. The van der Waals surface area contributed by atoms with Crippen molar-refractivity contribution in [1.29, 1.82) is 0 Å². The van der Waals surface area contributed by atoms with Crippen LogP contribution in [0.3, 0.4) is 0 Å². The highest BCUT2D eigenvalue weighted by molar-refractivity contribution is 7.89. The molecule has 1 aliphatic rings. The van der Waals surface area contributed by atoms with Gasteiger partial charge in [-0.3, -0.25) is 4.79 Å². The lowest BCUT2D eigenvalue weighted by atomic mass is 10.1. The van der Waals surface area contributed by atoms with Crippen molar-refractivity contribution in [3.8, 4) is 0 Å². The fraction of sp³-hybridized carbons (Fsp3) is 0.400. The fourth-order valence-corrected chi connectivity index (χ4v) is 5.08. The Labute approximate surface area is 165 Å². The minimum atomic E-state index is -3.58. The summed E-state index contributed by atoms with van der Waals surface area (Å²) in [5.41, 5.74) is 6.45. The van der Waals surface area contributed by atoms with Crippen LogP contribution >= 0.6 is 0 Å². The monoisotopic (exact) mass is 402 g/mol. The normalized spacial score (nSPS) is 16.2. The van der Waals surface area contributed by atoms with Gasteiger partial charge in [-0.2, -0.15) is 9.41 Å². The van der Waals surface area contributed by atoms with Gasteiger partial charge in [-0.25, -0.2) is 13.8 Å². The predicted molar refractivity (Wildman–Crippen MR) is 109 cm³/mol. The molecular weight excluding hydrogens is 376 g/mol. The fourth-order valence-electron chi connectivity index (χ4n) is 3.52. The zero-order valence-electron chi connectivity index (χ0n) is 16.4. The number of piperidine rings is 1. The molecule has 3 rings (SSSR count). The van der Waals surface area contributed by atoms with Crippen LogP contribution in [-0.2, 0) is 10.0 Å². The molecule has 1 fully saturated rings. The first-order chi connectivity index (χ1) is 13.3. The molecule has 1 saturated heterocycles. The molecule has 8 heteroatoms. The molecule has 2 heterocycles. The summed E-state index contributed by atoms with van der Waals surface area (Å²) in [6, 6.07) is 6.11. The van der Waals surface area contributed by atoms with Crippen LogP contribution in [0.15, 0.2) is 40.5 Å². The predicted octanol–water partition coefficient (Wildman–Crippen LogP) is 2.96. The van der Waals surface area contributed by atoms with Crippen LogP contribution in [0.5, 0.6) is 0 Å². The van der Waals surface area contributed by atoms with Crippen LogP contribution in [0.4, 0.5) is 0 Å². The number of carbonyl (C=O) groups is 1. The van der Waals surface area contributed by atoms with E-state index >= 15 is 0 Å². The molecule has 0 saturated carbocycles. The molecule has 0 unspecified atom stereocenters. The van der Waals surface area contributed by atoms with Gasteiger partial charge in [-0.15, -0.1) is 0 Å². The highest BCUT2D eigenvalue weighted by Gasteiger charge is 2.26. The number of rotatable bonds is 5. The van der Waals surface area contributed by atoms with Crippen molar-refractivity contribution in [3.05, 3.63) is 52.8 Å². The van der Waals surface area contributed by atoms with Gasteiger partial charge in [0.1, 0.15) is 0 Å². The number of hydrogen-bond acceptors (Lipinski definition) is 4. The van der Waals surface area contributed by atoms with Gasteiger partial charge in [0.25, 0.3) is 5.91 Å². The molecule has 0 bridgehead atoms. The zero-order valence-corrected chi connectivity index (χ0v) is 17.3. The van der Waals surface area contributed by atoms with Gasteiger partial charge in [0.15, 0.2) is 0 Å². The molecular formula is C20H26N4O3S. The number of benzene rings is 1.